The van der Waals surface area contributed by atoms with Crippen molar-refractivity contribution in [3.05, 3.63) is 18.5 Å². The van der Waals surface area contributed by atoms with Crippen molar-refractivity contribution in [2.24, 2.45) is 0 Å². The smallest absolute Gasteiger partial charge is 0.235 e. The molecule has 1 aliphatic heterocycles. The number of thioether (sulfide) groups is 1. The lowest BCUT2D eigenvalue weighted by atomic mass is 10.3. The number of nitrogen functional groups attached to an aromatic ring is 1. The van der Waals surface area contributed by atoms with Crippen LogP contribution in [0.1, 0.15) is 6.92 Å². The molecule has 2 heterocycles. The van der Waals surface area contributed by atoms with E-state index in [0.717, 1.165) is 31.1 Å². The number of nitrogens with zero attached hydrogens (tertiary/aromatic N) is 2. The van der Waals surface area contributed by atoms with Crippen LogP contribution >= 0.6 is 11.8 Å². The van der Waals surface area contributed by atoms with Gasteiger partial charge in [0, 0.05) is 37.3 Å². The highest BCUT2D eigenvalue weighted by Gasteiger charge is 2.23. The summed E-state index contributed by atoms with van der Waals surface area (Å²) in [5.74, 6) is 0.178. The maximum atomic E-state index is 12.2. The van der Waals surface area contributed by atoms with Crippen molar-refractivity contribution < 1.29 is 4.79 Å². The maximum absolute atomic E-state index is 12.2. The number of carbonyl (C=O) groups is 1. The highest BCUT2D eigenvalue weighted by Crippen LogP contribution is 2.28. The van der Waals surface area contributed by atoms with Gasteiger partial charge in [-0.25, -0.2) is 0 Å². The van der Waals surface area contributed by atoms with Crippen LogP contribution in [-0.2, 0) is 4.79 Å². The summed E-state index contributed by atoms with van der Waals surface area (Å²) < 4.78 is 0. The van der Waals surface area contributed by atoms with Gasteiger partial charge in [0.2, 0.25) is 5.91 Å². The number of rotatable bonds is 3. The van der Waals surface area contributed by atoms with Gasteiger partial charge in [-0.15, -0.1) is 11.8 Å². The molecular weight excluding hydrogens is 248 g/mol. The quantitative estimate of drug-likeness (QED) is 0.783. The monoisotopic (exact) mass is 266 g/mol. The van der Waals surface area contributed by atoms with Crippen molar-refractivity contribution in [3.8, 4) is 0 Å². The molecule has 3 N–H and O–H groups in total. The van der Waals surface area contributed by atoms with Crippen molar-refractivity contribution >= 4 is 23.4 Å². The Balaban J connectivity index is 1.96. The van der Waals surface area contributed by atoms with E-state index in [-0.39, 0.29) is 11.2 Å². The van der Waals surface area contributed by atoms with Gasteiger partial charge in [-0.3, -0.25) is 9.78 Å². The molecule has 1 aromatic heterocycles. The summed E-state index contributed by atoms with van der Waals surface area (Å²) in [7, 11) is 0. The first-order chi connectivity index (χ1) is 8.68. The van der Waals surface area contributed by atoms with Gasteiger partial charge in [-0.2, -0.15) is 0 Å². The summed E-state index contributed by atoms with van der Waals surface area (Å²) in [4.78, 5) is 19.0. The standard InChI is InChI=1S/C12H18N4OS/c1-9(12(17)16-6-4-14-5-7-16)18-11-2-3-15-8-10(11)13/h2-3,8-9,14H,4-7,13H2,1H3. The summed E-state index contributed by atoms with van der Waals surface area (Å²) in [5, 5.41) is 3.12. The van der Waals surface area contributed by atoms with E-state index < -0.39 is 0 Å². The molecule has 1 saturated heterocycles. The maximum Gasteiger partial charge on any atom is 0.235 e. The van der Waals surface area contributed by atoms with E-state index in [1.165, 1.54) is 11.8 Å². The third-order valence-electron chi connectivity index (χ3n) is 2.89. The number of anilines is 1. The summed E-state index contributed by atoms with van der Waals surface area (Å²) in [5.41, 5.74) is 6.46. The third kappa shape index (κ3) is 3.14. The van der Waals surface area contributed by atoms with Crippen LogP contribution in [0.25, 0.3) is 0 Å². The summed E-state index contributed by atoms with van der Waals surface area (Å²) in [6, 6.07) is 1.85. The van der Waals surface area contributed by atoms with Crippen LogP contribution in [-0.4, -0.2) is 47.2 Å². The number of pyridine rings is 1. The average molecular weight is 266 g/mol. The number of amides is 1. The van der Waals surface area contributed by atoms with E-state index in [9.17, 15) is 4.79 Å². The lowest BCUT2D eigenvalue weighted by Gasteiger charge is -2.29. The Morgan fingerprint density at radius 1 is 1.56 bits per heavy atom. The average Bonchev–Trinajstić information content (AvgIpc) is 2.41. The SMILES string of the molecule is CC(Sc1ccncc1N)C(=O)N1CCNCC1. The van der Waals surface area contributed by atoms with Gasteiger partial charge in [0.15, 0.2) is 0 Å². The zero-order chi connectivity index (χ0) is 13.0. The lowest BCUT2D eigenvalue weighted by Crippen LogP contribution is -2.48. The zero-order valence-electron chi connectivity index (χ0n) is 10.4. The second-order valence-electron chi connectivity index (χ2n) is 4.25. The molecule has 5 nitrogen and oxygen atoms in total. The van der Waals surface area contributed by atoms with Crippen LogP contribution in [0.4, 0.5) is 5.69 Å². The number of carbonyl (C=O) groups excluding carboxylic acids is 1. The predicted octanol–water partition coefficient (Wildman–Crippen LogP) is 0.576. The fourth-order valence-corrected chi connectivity index (χ4v) is 2.84. The fourth-order valence-electron chi connectivity index (χ4n) is 1.88. The second kappa shape index (κ2) is 6.06. The van der Waals surface area contributed by atoms with E-state index in [0.29, 0.717) is 5.69 Å². The molecule has 0 aromatic carbocycles. The minimum Gasteiger partial charge on any atom is -0.397 e. The van der Waals surface area contributed by atoms with Crippen LogP contribution in [0, 0.1) is 0 Å². The second-order valence-corrected chi connectivity index (χ2v) is 5.63. The number of hydrogen-bond acceptors (Lipinski definition) is 5. The fraction of sp³-hybridized carbons (Fsp3) is 0.500. The Morgan fingerprint density at radius 2 is 2.28 bits per heavy atom. The predicted molar refractivity (Wildman–Crippen MR) is 73.4 cm³/mol. The Kier molecular flexibility index (Phi) is 4.43. The van der Waals surface area contributed by atoms with Gasteiger partial charge in [-0.05, 0) is 13.0 Å². The van der Waals surface area contributed by atoms with Crippen LogP contribution in [0.5, 0.6) is 0 Å². The minimum absolute atomic E-state index is 0.118. The van der Waals surface area contributed by atoms with Crippen LogP contribution in [0.3, 0.4) is 0 Å². The number of aromatic nitrogens is 1. The minimum atomic E-state index is -0.118. The molecule has 0 spiro atoms. The van der Waals surface area contributed by atoms with E-state index in [1.807, 2.05) is 17.9 Å². The van der Waals surface area contributed by atoms with Crippen molar-refractivity contribution in [2.75, 3.05) is 31.9 Å². The van der Waals surface area contributed by atoms with E-state index in [2.05, 4.69) is 10.3 Å². The van der Waals surface area contributed by atoms with Crippen molar-refractivity contribution in [1.82, 2.24) is 15.2 Å². The molecule has 18 heavy (non-hydrogen) atoms. The van der Waals surface area contributed by atoms with E-state index in [4.69, 9.17) is 5.73 Å². The molecule has 1 unspecified atom stereocenters. The first-order valence-corrected chi connectivity index (χ1v) is 6.92. The van der Waals surface area contributed by atoms with Crippen molar-refractivity contribution in [2.45, 2.75) is 17.1 Å². The summed E-state index contributed by atoms with van der Waals surface area (Å²) >= 11 is 1.50. The highest BCUT2D eigenvalue weighted by molar-refractivity contribution is 8.00. The molecular formula is C12H18N4OS. The first kappa shape index (κ1) is 13.2. The van der Waals surface area contributed by atoms with Gasteiger partial charge >= 0.3 is 0 Å². The summed E-state index contributed by atoms with van der Waals surface area (Å²) in [6.07, 6.45) is 3.31. The largest absolute Gasteiger partial charge is 0.397 e. The molecule has 1 fully saturated rings. The van der Waals surface area contributed by atoms with Gasteiger partial charge in [-0.1, -0.05) is 0 Å². The Hall–Kier alpha value is -1.27. The molecule has 1 atom stereocenters. The molecule has 98 valence electrons. The van der Waals surface area contributed by atoms with Crippen LogP contribution in [0.15, 0.2) is 23.4 Å². The summed E-state index contributed by atoms with van der Waals surface area (Å²) in [6.45, 7) is 5.25. The van der Waals surface area contributed by atoms with Crippen LogP contribution < -0.4 is 11.1 Å². The number of nitrogens with two attached hydrogens (primary N) is 1. The third-order valence-corrected chi connectivity index (χ3v) is 4.07. The molecule has 0 saturated carbocycles. The number of piperazine rings is 1. The van der Waals surface area contributed by atoms with E-state index in [1.54, 1.807) is 12.4 Å². The van der Waals surface area contributed by atoms with E-state index >= 15 is 0 Å². The lowest BCUT2D eigenvalue weighted by molar-refractivity contribution is -0.130. The van der Waals surface area contributed by atoms with Crippen molar-refractivity contribution in [1.29, 1.82) is 0 Å². The highest BCUT2D eigenvalue weighted by atomic mass is 32.2. The van der Waals surface area contributed by atoms with Gasteiger partial charge in [0.25, 0.3) is 0 Å². The Morgan fingerprint density at radius 3 is 2.94 bits per heavy atom. The molecule has 1 aliphatic rings. The molecule has 1 amide bonds. The zero-order valence-corrected chi connectivity index (χ0v) is 11.2. The van der Waals surface area contributed by atoms with Gasteiger partial charge in [0.05, 0.1) is 17.1 Å². The number of nitrogens with one attached hydrogen (secondary N) is 1. The molecule has 2 rings (SSSR count). The molecule has 6 heteroatoms. The van der Waals surface area contributed by atoms with Gasteiger partial charge in [0.1, 0.15) is 0 Å². The molecule has 0 radical (unpaired) electrons. The Labute approximate surface area is 111 Å². The molecule has 0 bridgehead atoms. The first-order valence-electron chi connectivity index (χ1n) is 6.04. The van der Waals surface area contributed by atoms with Crippen LogP contribution in [0.2, 0.25) is 0 Å². The normalized spacial score (nSPS) is 17.5. The van der Waals surface area contributed by atoms with Crippen molar-refractivity contribution in [3.63, 3.8) is 0 Å². The number of hydrogen-bond donors (Lipinski definition) is 2. The van der Waals surface area contributed by atoms with Gasteiger partial charge < -0.3 is 16.0 Å². The molecule has 1 aromatic rings. The molecule has 0 aliphatic carbocycles. The topological polar surface area (TPSA) is 71.2 Å². The Bertz CT molecular complexity index is 420.